The van der Waals surface area contributed by atoms with Crippen LogP contribution in [0.1, 0.15) is 0 Å². The van der Waals surface area contributed by atoms with Crippen molar-refractivity contribution in [2.45, 2.75) is 10.9 Å². The van der Waals surface area contributed by atoms with Gasteiger partial charge in [0.15, 0.2) is 0 Å². The van der Waals surface area contributed by atoms with E-state index in [1.807, 2.05) is 0 Å². The minimum atomic E-state index is -3.53. The molecule has 7 heteroatoms. The number of hydrogen-bond acceptors (Lipinski definition) is 5. The van der Waals surface area contributed by atoms with E-state index in [1.54, 1.807) is 6.07 Å². The molecule has 2 N–H and O–H groups in total. The van der Waals surface area contributed by atoms with Crippen LogP contribution in [0.5, 0.6) is 0 Å². The molecule has 0 aliphatic carbocycles. The maximum atomic E-state index is 12.1. The van der Waals surface area contributed by atoms with E-state index in [1.165, 1.54) is 24.3 Å². The lowest BCUT2D eigenvalue weighted by atomic mass is 10.2. The summed E-state index contributed by atoms with van der Waals surface area (Å²) in [6.45, 7) is 1.28. The normalized spacial score (nSPS) is 16.4. The molecule has 1 saturated heterocycles. The van der Waals surface area contributed by atoms with Crippen LogP contribution in [-0.4, -0.2) is 27.5 Å². The molecule has 1 fully saturated rings. The summed E-state index contributed by atoms with van der Waals surface area (Å²) < 4.78 is 31.8. The fourth-order valence-corrected chi connectivity index (χ4v) is 3.15. The van der Waals surface area contributed by atoms with Crippen LogP contribution < -0.4 is 15.7 Å². The number of hydrogen-bond donors (Lipinski definition) is 2. The Bertz CT molecular complexity index is 778. The van der Waals surface area contributed by atoms with Crippen LogP contribution in [0, 0.1) is 0 Å². The molecule has 1 aliphatic rings. The summed E-state index contributed by atoms with van der Waals surface area (Å²) in [6, 6.07) is 7.17. The Hall–Kier alpha value is -1.70. The Labute approximate surface area is 109 Å². The molecule has 0 bridgehead atoms. The van der Waals surface area contributed by atoms with Crippen LogP contribution >= 0.6 is 0 Å². The number of sulfonamides is 1. The van der Waals surface area contributed by atoms with Crippen LogP contribution in [0.15, 0.2) is 44.4 Å². The highest BCUT2D eigenvalue weighted by atomic mass is 32.2. The molecule has 1 aromatic carbocycles. The highest BCUT2D eigenvalue weighted by molar-refractivity contribution is 7.89. The molecule has 0 atom stereocenters. The van der Waals surface area contributed by atoms with Crippen molar-refractivity contribution in [3.63, 3.8) is 0 Å². The number of benzene rings is 1. The van der Waals surface area contributed by atoms with E-state index in [0.29, 0.717) is 24.1 Å². The average Bonchev–Trinajstić information content (AvgIpc) is 2.33. The van der Waals surface area contributed by atoms with Crippen molar-refractivity contribution >= 4 is 21.0 Å². The average molecular weight is 280 g/mol. The van der Waals surface area contributed by atoms with Gasteiger partial charge in [-0.15, -0.1) is 0 Å². The van der Waals surface area contributed by atoms with Gasteiger partial charge in [-0.1, -0.05) is 0 Å². The van der Waals surface area contributed by atoms with E-state index in [9.17, 15) is 13.2 Å². The topological polar surface area (TPSA) is 88.4 Å². The summed E-state index contributed by atoms with van der Waals surface area (Å²) in [5.41, 5.74) is -0.0847. The Kier molecular flexibility index (Phi) is 2.89. The minimum Gasteiger partial charge on any atom is -0.423 e. The van der Waals surface area contributed by atoms with Crippen molar-refractivity contribution < 1.29 is 12.8 Å². The summed E-state index contributed by atoms with van der Waals surface area (Å²) >= 11 is 0. The molecule has 3 rings (SSSR count). The largest absolute Gasteiger partial charge is 0.423 e. The van der Waals surface area contributed by atoms with Gasteiger partial charge in [0, 0.05) is 30.6 Å². The molecule has 0 radical (unpaired) electrons. The van der Waals surface area contributed by atoms with Crippen molar-refractivity contribution in [2.75, 3.05) is 13.1 Å². The van der Waals surface area contributed by atoms with E-state index < -0.39 is 15.6 Å². The molecule has 2 heterocycles. The quantitative estimate of drug-likeness (QED) is 0.775. The fraction of sp³-hybridized carbons (Fsp3) is 0.250. The second-order valence-electron chi connectivity index (χ2n) is 4.43. The van der Waals surface area contributed by atoms with Crippen molar-refractivity contribution in [3.8, 4) is 0 Å². The first kappa shape index (κ1) is 12.3. The second-order valence-corrected chi connectivity index (χ2v) is 6.14. The van der Waals surface area contributed by atoms with Crippen LogP contribution in [0.4, 0.5) is 0 Å². The first-order valence-electron chi connectivity index (χ1n) is 5.81. The Morgan fingerprint density at radius 1 is 1.21 bits per heavy atom. The summed E-state index contributed by atoms with van der Waals surface area (Å²) in [5, 5.41) is 3.57. The zero-order valence-electron chi connectivity index (χ0n) is 9.92. The molecule has 0 saturated carbocycles. The van der Waals surface area contributed by atoms with Gasteiger partial charge in [-0.25, -0.2) is 17.9 Å². The summed E-state index contributed by atoms with van der Waals surface area (Å²) in [6.07, 6.45) is 0. The molecule has 100 valence electrons. The maximum Gasteiger partial charge on any atom is 0.336 e. The van der Waals surface area contributed by atoms with E-state index in [4.69, 9.17) is 4.42 Å². The third-order valence-electron chi connectivity index (χ3n) is 3.00. The zero-order chi connectivity index (χ0) is 13.5. The third-order valence-corrected chi connectivity index (χ3v) is 4.52. The van der Waals surface area contributed by atoms with Crippen LogP contribution in [-0.2, 0) is 10.0 Å². The third kappa shape index (κ3) is 2.40. The highest BCUT2D eigenvalue weighted by Crippen LogP contribution is 2.18. The van der Waals surface area contributed by atoms with Gasteiger partial charge in [0.05, 0.1) is 4.90 Å². The van der Waals surface area contributed by atoms with Crippen molar-refractivity contribution in [3.05, 3.63) is 40.8 Å². The zero-order valence-corrected chi connectivity index (χ0v) is 10.7. The van der Waals surface area contributed by atoms with E-state index in [2.05, 4.69) is 10.0 Å². The lowest BCUT2D eigenvalue weighted by Gasteiger charge is -2.27. The monoisotopic (exact) mass is 280 g/mol. The summed E-state index contributed by atoms with van der Waals surface area (Å²) in [4.78, 5) is 11.2. The van der Waals surface area contributed by atoms with E-state index in [-0.39, 0.29) is 10.9 Å². The van der Waals surface area contributed by atoms with Gasteiger partial charge in [0.1, 0.15) is 5.58 Å². The maximum absolute atomic E-state index is 12.1. The molecule has 1 aromatic heterocycles. The Morgan fingerprint density at radius 3 is 2.68 bits per heavy atom. The predicted octanol–water partition coefficient (Wildman–Crippen LogP) is 0.0431. The minimum absolute atomic E-state index is 0.0607. The molecule has 1 aliphatic heterocycles. The summed E-state index contributed by atoms with van der Waals surface area (Å²) in [7, 11) is -3.53. The van der Waals surface area contributed by atoms with Gasteiger partial charge in [-0.05, 0) is 24.3 Å². The van der Waals surface area contributed by atoms with Crippen molar-refractivity contribution in [1.82, 2.24) is 10.0 Å². The van der Waals surface area contributed by atoms with E-state index in [0.717, 1.165) is 0 Å². The SMILES string of the molecule is O=c1ccc2cc(S(=O)(=O)NC3CNC3)ccc2o1. The van der Waals surface area contributed by atoms with Crippen molar-refractivity contribution in [2.24, 2.45) is 0 Å². The van der Waals surface area contributed by atoms with Gasteiger partial charge in [-0.2, -0.15) is 0 Å². The molecule has 0 spiro atoms. The lowest BCUT2D eigenvalue weighted by molar-refractivity contribution is 0.410. The molecular formula is C12H12N2O4S. The molecule has 2 aromatic rings. The molecule has 0 unspecified atom stereocenters. The summed E-state index contributed by atoms with van der Waals surface area (Å²) in [5.74, 6) is 0. The second kappa shape index (κ2) is 4.44. The first-order chi connectivity index (χ1) is 9.04. The van der Waals surface area contributed by atoms with Crippen LogP contribution in [0.2, 0.25) is 0 Å². The van der Waals surface area contributed by atoms with Gasteiger partial charge in [-0.3, -0.25) is 0 Å². The Balaban J connectivity index is 2.00. The van der Waals surface area contributed by atoms with Gasteiger partial charge in [0.25, 0.3) is 0 Å². The van der Waals surface area contributed by atoms with E-state index >= 15 is 0 Å². The number of rotatable bonds is 3. The first-order valence-corrected chi connectivity index (χ1v) is 7.30. The standard InChI is InChI=1S/C12H12N2O4S/c15-12-4-1-8-5-10(2-3-11(8)18-12)19(16,17)14-9-6-13-7-9/h1-5,9,13-14H,6-7H2. The number of nitrogens with one attached hydrogen (secondary N) is 2. The van der Waals surface area contributed by atoms with Gasteiger partial charge < -0.3 is 9.73 Å². The predicted molar refractivity (Wildman–Crippen MR) is 69.5 cm³/mol. The van der Waals surface area contributed by atoms with Gasteiger partial charge in [0.2, 0.25) is 10.0 Å². The molecule has 0 amide bonds. The van der Waals surface area contributed by atoms with Crippen molar-refractivity contribution in [1.29, 1.82) is 0 Å². The lowest BCUT2D eigenvalue weighted by Crippen LogP contribution is -2.56. The molecule has 6 nitrogen and oxygen atoms in total. The Morgan fingerprint density at radius 2 is 2.00 bits per heavy atom. The highest BCUT2D eigenvalue weighted by Gasteiger charge is 2.24. The fourth-order valence-electron chi connectivity index (χ4n) is 1.88. The molecule has 19 heavy (non-hydrogen) atoms. The molecular weight excluding hydrogens is 268 g/mol. The number of fused-ring (bicyclic) bond motifs is 1. The smallest absolute Gasteiger partial charge is 0.336 e. The van der Waals surface area contributed by atoms with Crippen LogP contribution in [0.3, 0.4) is 0 Å². The van der Waals surface area contributed by atoms with Crippen LogP contribution in [0.25, 0.3) is 11.0 Å². The van der Waals surface area contributed by atoms with Gasteiger partial charge >= 0.3 is 5.63 Å².